The predicted molar refractivity (Wildman–Crippen MR) is 57.8 cm³/mol. The van der Waals surface area contributed by atoms with Crippen molar-refractivity contribution < 1.29 is 0 Å². The van der Waals surface area contributed by atoms with Crippen LogP contribution in [-0.2, 0) is 0 Å². The number of hydrogen-bond donors (Lipinski definition) is 1. The lowest BCUT2D eigenvalue weighted by atomic mass is 9.77. The normalized spacial score (nSPS) is 36.2. The first-order valence-electron chi connectivity index (χ1n) is 5.34. The molecule has 0 bridgehead atoms. The van der Waals surface area contributed by atoms with Crippen LogP contribution in [0.4, 0.5) is 0 Å². The van der Waals surface area contributed by atoms with Crippen LogP contribution >= 0.6 is 0 Å². The zero-order valence-electron chi connectivity index (χ0n) is 9.09. The van der Waals surface area contributed by atoms with E-state index in [9.17, 15) is 0 Å². The van der Waals surface area contributed by atoms with E-state index in [4.69, 9.17) is 5.73 Å². The van der Waals surface area contributed by atoms with Gasteiger partial charge in [0.1, 0.15) is 0 Å². The Morgan fingerprint density at radius 3 is 2.23 bits per heavy atom. The average molecular weight is 182 g/mol. The van der Waals surface area contributed by atoms with Crippen molar-refractivity contribution >= 4 is 5.84 Å². The fourth-order valence-corrected chi connectivity index (χ4v) is 2.54. The van der Waals surface area contributed by atoms with Gasteiger partial charge < -0.3 is 5.73 Å². The topological polar surface area (TPSA) is 38.4 Å². The molecule has 2 heteroatoms. The van der Waals surface area contributed by atoms with Gasteiger partial charge in [-0.25, -0.2) is 0 Å². The maximum Gasteiger partial charge on any atom is 0.0905 e. The lowest BCUT2D eigenvalue weighted by Gasteiger charge is -2.30. The van der Waals surface area contributed by atoms with Gasteiger partial charge in [-0.3, -0.25) is 4.99 Å². The van der Waals surface area contributed by atoms with Gasteiger partial charge >= 0.3 is 0 Å². The Labute approximate surface area is 81.6 Å². The minimum atomic E-state index is 0.728. The van der Waals surface area contributed by atoms with Crippen LogP contribution in [-0.4, -0.2) is 12.4 Å². The molecule has 1 aliphatic rings. The van der Waals surface area contributed by atoms with E-state index in [-0.39, 0.29) is 0 Å². The first-order valence-corrected chi connectivity index (χ1v) is 5.34. The summed E-state index contributed by atoms with van der Waals surface area (Å²) in [5, 5.41) is 0. The second-order valence-corrected chi connectivity index (χ2v) is 4.77. The van der Waals surface area contributed by atoms with Crippen molar-refractivity contribution in [1.82, 2.24) is 0 Å². The molecule has 0 radical (unpaired) electrons. The SMILES string of the molecule is CC(N)=NCC1CC(C)CC(C)C1. The molecule has 0 aromatic carbocycles. The molecule has 2 atom stereocenters. The molecule has 0 aromatic rings. The number of rotatable bonds is 2. The summed E-state index contributed by atoms with van der Waals surface area (Å²) >= 11 is 0. The fourth-order valence-electron chi connectivity index (χ4n) is 2.54. The molecular formula is C11H22N2. The smallest absolute Gasteiger partial charge is 0.0905 e. The summed E-state index contributed by atoms with van der Waals surface area (Å²) in [5.41, 5.74) is 5.53. The van der Waals surface area contributed by atoms with Gasteiger partial charge in [-0.15, -0.1) is 0 Å². The number of nitrogens with zero attached hydrogens (tertiary/aromatic N) is 1. The van der Waals surface area contributed by atoms with Crippen molar-refractivity contribution in [2.45, 2.75) is 40.0 Å². The zero-order chi connectivity index (χ0) is 9.84. The number of hydrogen-bond acceptors (Lipinski definition) is 1. The van der Waals surface area contributed by atoms with Gasteiger partial charge in [0.25, 0.3) is 0 Å². The van der Waals surface area contributed by atoms with E-state index in [2.05, 4.69) is 18.8 Å². The number of aliphatic imine (C=N–C) groups is 1. The Morgan fingerprint density at radius 1 is 1.23 bits per heavy atom. The third kappa shape index (κ3) is 3.79. The Hall–Kier alpha value is -0.530. The van der Waals surface area contributed by atoms with Crippen molar-refractivity contribution in [3.63, 3.8) is 0 Å². The number of nitrogens with two attached hydrogens (primary N) is 1. The highest BCUT2D eigenvalue weighted by molar-refractivity contribution is 5.77. The van der Waals surface area contributed by atoms with Crippen LogP contribution in [0.25, 0.3) is 0 Å². The summed E-state index contributed by atoms with van der Waals surface area (Å²) in [5.74, 6) is 3.26. The molecule has 76 valence electrons. The van der Waals surface area contributed by atoms with Gasteiger partial charge in [-0.1, -0.05) is 13.8 Å². The average Bonchev–Trinajstić information content (AvgIpc) is 1.99. The van der Waals surface area contributed by atoms with Crippen LogP contribution in [0.1, 0.15) is 40.0 Å². The lowest BCUT2D eigenvalue weighted by molar-refractivity contribution is 0.224. The predicted octanol–water partition coefficient (Wildman–Crippen LogP) is 2.44. The van der Waals surface area contributed by atoms with Gasteiger partial charge in [-0.2, -0.15) is 0 Å². The third-order valence-corrected chi connectivity index (χ3v) is 2.88. The quantitative estimate of drug-likeness (QED) is 0.517. The summed E-state index contributed by atoms with van der Waals surface area (Å²) in [4.78, 5) is 4.31. The van der Waals surface area contributed by atoms with Gasteiger partial charge in [0.15, 0.2) is 0 Å². The van der Waals surface area contributed by atoms with E-state index in [0.29, 0.717) is 0 Å². The number of amidine groups is 1. The van der Waals surface area contributed by atoms with E-state index in [1.54, 1.807) is 0 Å². The first kappa shape index (κ1) is 10.6. The summed E-state index contributed by atoms with van der Waals surface area (Å²) in [7, 11) is 0. The highest BCUT2D eigenvalue weighted by Gasteiger charge is 2.23. The maximum atomic E-state index is 5.53. The molecule has 1 aliphatic carbocycles. The molecule has 0 saturated heterocycles. The Bertz CT molecular complexity index is 173. The molecule has 0 amide bonds. The van der Waals surface area contributed by atoms with Gasteiger partial charge in [0, 0.05) is 6.54 Å². The molecule has 1 rings (SSSR count). The van der Waals surface area contributed by atoms with Gasteiger partial charge in [-0.05, 0) is 43.9 Å². The second kappa shape index (κ2) is 4.64. The van der Waals surface area contributed by atoms with E-state index < -0.39 is 0 Å². The molecule has 2 nitrogen and oxygen atoms in total. The Balaban J connectivity index is 2.37. The molecule has 0 heterocycles. The van der Waals surface area contributed by atoms with Crippen LogP contribution in [0.3, 0.4) is 0 Å². The van der Waals surface area contributed by atoms with Crippen LogP contribution in [0, 0.1) is 17.8 Å². The molecule has 0 spiro atoms. The maximum absolute atomic E-state index is 5.53. The molecule has 2 N–H and O–H groups in total. The molecule has 13 heavy (non-hydrogen) atoms. The zero-order valence-corrected chi connectivity index (χ0v) is 9.09. The first-order chi connectivity index (χ1) is 6.08. The van der Waals surface area contributed by atoms with Crippen molar-refractivity contribution in [2.24, 2.45) is 28.5 Å². The standard InChI is InChI=1S/C11H22N2/c1-8-4-9(2)6-11(5-8)7-13-10(3)12/h8-9,11H,4-7H2,1-3H3,(H2,12,13). The van der Waals surface area contributed by atoms with Crippen molar-refractivity contribution in [2.75, 3.05) is 6.54 Å². The molecule has 1 saturated carbocycles. The molecular weight excluding hydrogens is 160 g/mol. The van der Waals surface area contributed by atoms with Crippen LogP contribution in [0.2, 0.25) is 0 Å². The summed E-state index contributed by atoms with van der Waals surface area (Å²) in [6.07, 6.45) is 4.06. The van der Waals surface area contributed by atoms with E-state index >= 15 is 0 Å². The fraction of sp³-hybridized carbons (Fsp3) is 0.909. The van der Waals surface area contributed by atoms with Crippen molar-refractivity contribution in [3.05, 3.63) is 0 Å². The largest absolute Gasteiger partial charge is 0.388 e. The minimum absolute atomic E-state index is 0.728. The Morgan fingerprint density at radius 2 is 1.77 bits per heavy atom. The van der Waals surface area contributed by atoms with Gasteiger partial charge in [0.05, 0.1) is 5.84 Å². The molecule has 0 aliphatic heterocycles. The summed E-state index contributed by atoms with van der Waals surface area (Å²) in [6.45, 7) is 7.51. The highest BCUT2D eigenvalue weighted by Crippen LogP contribution is 2.32. The van der Waals surface area contributed by atoms with Crippen molar-refractivity contribution in [3.8, 4) is 0 Å². The molecule has 0 aromatic heterocycles. The molecule has 1 fully saturated rings. The van der Waals surface area contributed by atoms with E-state index in [1.807, 2.05) is 6.92 Å². The Kier molecular flexibility index (Phi) is 3.76. The minimum Gasteiger partial charge on any atom is -0.388 e. The van der Waals surface area contributed by atoms with Crippen LogP contribution in [0.15, 0.2) is 4.99 Å². The summed E-state index contributed by atoms with van der Waals surface area (Å²) in [6, 6.07) is 0. The van der Waals surface area contributed by atoms with Crippen molar-refractivity contribution in [1.29, 1.82) is 0 Å². The second-order valence-electron chi connectivity index (χ2n) is 4.77. The van der Waals surface area contributed by atoms with Gasteiger partial charge in [0.2, 0.25) is 0 Å². The van der Waals surface area contributed by atoms with Crippen LogP contribution in [0.5, 0.6) is 0 Å². The van der Waals surface area contributed by atoms with E-state index in [0.717, 1.165) is 30.1 Å². The highest BCUT2D eigenvalue weighted by atomic mass is 14.8. The summed E-state index contributed by atoms with van der Waals surface area (Å²) < 4.78 is 0. The van der Waals surface area contributed by atoms with E-state index in [1.165, 1.54) is 19.3 Å². The lowest BCUT2D eigenvalue weighted by Crippen LogP contribution is -2.22. The third-order valence-electron chi connectivity index (χ3n) is 2.88. The molecule has 2 unspecified atom stereocenters. The van der Waals surface area contributed by atoms with Crippen LogP contribution < -0.4 is 5.73 Å². The monoisotopic (exact) mass is 182 g/mol.